The van der Waals surface area contributed by atoms with Crippen LogP contribution in [0.1, 0.15) is 13.3 Å². The quantitative estimate of drug-likeness (QED) is 0.712. The van der Waals surface area contributed by atoms with Gasteiger partial charge in [-0.15, -0.1) is 0 Å². The molecule has 0 spiro atoms. The van der Waals surface area contributed by atoms with Crippen molar-refractivity contribution in [3.05, 3.63) is 0 Å². The molecule has 2 fully saturated rings. The van der Waals surface area contributed by atoms with E-state index in [1.54, 1.807) is 11.9 Å². The molecule has 3 unspecified atom stereocenters. The van der Waals surface area contributed by atoms with Crippen LogP contribution in [0.25, 0.3) is 0 Å². The standard InChI is InChI=1S/C11H18N2O3/c1-7-5-13(6-8(7)11(15)16)9-3-4-12(2)10(9)14/h7-9H,3-6H2,1-2H3,(H,15,16). The van der Waals surface area contributed by atoms with Crippen molar-refractivity contribution in [1.82, 2.24) is 9.80 Å². The van der Waals surface area contributed by atoms with Gasteiger partial charge in [0, 0.05) is 26.7 Å². The molecule has 1 N–H and O–H groups in total. The molecule has 16 heavy (non-hydrogen) atoms. The Morgan fingerprint density at radius 3 is 2.56 bits per heavy atom. The minimum atomic E-state index is -0.742. The highest BCUT2D eigenvalue weighted by molar-refractivity contribution is 5.84. The van der Waals surface area contributed by atoms with Crippen LogP contribution in [-0.4, -0.2) is 59.5 Å². The number of hydrogen-bond donors (Lipinski definition) is 1. The van der Waals surface area contributed by atoms with E-state index in [1.165, 1.54) is 0 Å². The van der Waals surface area contributed by atoms with Crippen molar-refractivity contribution < 1.29 is 14.7 Å². The second kappa shape index (κ2) is 4.05. The molecule has 2 aliphatic heterocycles. The van der Waals surface area contributed by atoms with Crippen LogP contribution in [0, 0.1) is 11.8 Å². The van der Waals surface area contributed by atoms with Gasteiger partial charge in [0.05, 0.1) is 12.0 Å². The van der Waals surface area contributed by atoms with Crippen LogP contribution in [0.5, 0.6) is 0 Å². The van der Waals surface area contributed by atoms with Crippen LogP contribution < -0.4 is 0 Å². The van der Waals surface area contributed by atoms with E-state index in [0.29, 0.717) is 6.54 Å². The summed E-state index contributed by atoms with van der Waals surface area (Å²) in [6.07, 6.45) is 0.828. The summed E-state index contributed by atoms with van der Waals surface area (Å²) in [5, 5.41) is 9.04. The lowest BCUT2D eigenvalue weighted by Gasteiger charge is -2.21. The van der Waals surface area contributed by atoms with E-state index in [1.807, 2.05) is 11.8 Å². The zero-order chi connectivity index (χ0) is 11.9. The van der Waals surface area contributed by atoms with Gasteiger partial charge in [0.25, 0.3) is 0 Å². The van der Waals surface area contributed by atoms with Crippen LogP contribution in [0.15, 0.2) is 0 Å². The van der Waals surface area contributed by atoms with Gasteiger partial charge in [0.15, 0.2) is 0 Å². The Morgan fingerprint density at radius 2 is 2.12 bits per heavy atom. The molecule has 5 heteroatoms. The fraction of sp³-hybridized carbons (Fsp3) is 0.818. The lowest BCUT2D eigenvalue weighted by atomic mass is 9.99. The third kappa shape index (κ3) is 1.80. The molecule has 0 aliphatic carbocycles. The Bertz CT molecular complexity index is 318. The topological polar surface area (TPSA) is 60.9 Å². The first kappa shape index (κ1) is 11.4. The Labute approximate surface area is 95.0 Å². The predicted molar refractivity (Wildman–Crippen MR) is 57.9 cm³/mol. The molecule has 0 bridgehead atoms. The first-order valence-corrected chi connectivity index (χ1v) is 5.72. The number of likely N-dealkylation sites (tertiary alicyclic amines) is 2. The maximum Gasteiger partial charge on any atom is 0.308 e. The van der Waals surface area contributed by atoms with Crippen molar-refractivity contribution in [2.24, 2.45) is 11.8 Å². The number of rotatable bonds is 2. The molecule has 5 nitrogen and oxygen atoms in total. The van der Waals surface area contributed by atoms with Gasteiger partial charge in [-0.1, -0.05) is 6.92 Å². The first-order chi connectivity index (χ1) is 7.50. The van der Waals surface area contributed by atoms with Crippen molar-refractivity contribution in [3.8, 4) is 0 Å². The van der Waals surface area contributed by atoms with Gasteiger partial charge in [-0.3, -0.25) is 14.5 Å². The fourth-order valence-corrected chi connectivity index (χ4v) is 2.72. The third-order valence-corrected chi connectivity index (χ3v) is 3.80. The SMILES string of the molecule is CC1CN(C2CCN(C)C2=O)CC1C(=O)O. The minimum absolute atomic E-state index is 0.0863. The lowest BCUT2D eigenvalue weighted by Crippen LogP contribution is -2.40. The largest absolute Gasteiger partial charge is 0.481 e. The smallest absolute Gasteiger partial charge is 0.308 e. The number of carbonyl (C=O) groups is 2. The maximum atomic E-state index is 11.8. The molecule has 3 atom stereocenters. The fourth-order valence-electron chi connectivity index (χ4n) is 2.72. The summed E-state index contributed by atoms with van der Waals surface area (Å²) in [6.45, 7) is 3.97. The number of likely N-dealkylation sites (N-methyl/N-ethyl adjacent to an activating group) is 1. The monoisotopic (exact) mass is 226 g/mol. The number of carbonyl (C=O) groups excluding carboxylic acids is 1. The molecule has 2 rings (SSSR count). The van der Waals surface area contributed by atoms with E-state index in [0.717, 1.165) is 19.5 Å². The number of hydrogen-bond acceptors (Lipinski definition) is 3. The van der Waals surface area contributed by atoms with E-state index in [9.17, 15) is 9.59 Å². The number of carboxylic acid groups (broad SMARTS) is 1. The molecule has 2 aliphatic rings. The van der Waals surface area contributed by atoms with E-state index < -0.39 is 5.97 Å². The molecule has 90 valence electrons. The van der Waals surface area contributed by atoms with Crippen molar-refractivity contribution >= 4 is 11.9 Å². The molecule has 0 aromatic rings. The van der Waals surface area contributed by atoms with Crippen LogP contribution in [0.4, 0.5) is 0 Å². The van der Waals surface area contributed by atoms with E-state index >= 15 is 0 Å². The molecular formula is C11H18N2O3. The first-order valence-electron chi connectivity index (χ1n) is 5.72. The normalized spacial score (nSPS) is 36.0. The average Bonchev–Trinajstić information content (AvgIpc) is 2.73. The van der Waals surface area contributed by atoms with Gasteiger partial charge in [0.2, 0.25) is 5.91 Å². The Balaban J connectivity index is 2.03. The number of nitrogens with zero attached hydrogens (tertiary/aromatic N) is 2. The van der Waals surface area contributed by atoms with Gasteiger partial charge in [-0.05, 0) is 12.3 Å². The average molecular weight is 226 g/mol. The molecule has 2 heterocycles. The minimum Gasteiger partial charge on any atom is -0.481 e. The molecular weight excluding hydrogens is 208 g/mol. The maximum absolute atomic E-state index is 11.8. The van der Waals surface area contributed by atoms with Gasteiger partial charge < -0.3 is 10.0 Å². The summed E-state index contributed by atoms with van der Waals surface area (Å²) >= 11 is 0. The summed E-state index contributed by atoms with van der Waals surface area (Å²) in [5.41, 5.74) is 0. The predicted octanol–water partition coefficient (Wildman–Crippen LogP) is -0.130. The molecule has 0 radical (unpaired) electrons. The molecule has 0 aromatic carbocycles. The zero-order valence-corrected chi connectivity index (χ0v) is 9.72. The van der Waals surface area contributed by atoms with Gasteiger partial charge in [-0.2, -0.15) is 0 Å². The van der Waals surface area contributed by atoms with E-state index in [2.05, 4.69) is 0 Å². The second-order valence-corrected chi connectivity index (χ2v) is 4.94. The summed E-state index contributed by atoms with van der Waals surface area (Å²) in [4.78, 5) is 26.6. The third-order valence-electron chi connectivity index (χ3n) is 3.80. The molecule has 0 aromatic heterocycles. The van der Waals surface area contributed by atoms with Crippen molar-refractivity contribution in [3.63, 3.8) is 0 Å². The van der Waals surface area contributed by atoms with Crippen LogP contribution in [-0.2, 0) is 9.59 Å². The van der Waals surface area contributed by atoms with E-state index in [4.69, 9.17) is 5.11 Å². The molecule has 1 amide bonds. The molecule has 0 saturated carbocycles. The van der Waals surface area contributed by atoms with Crippen molar-refractivity contribution in [2.75, 3.05) is 26.7 Å². The summed E-state index contributed by atoms with van der Waals surface area (Å²) in [5.74, 6) is -0.790. The Morgan fingerprint density at radius 1 is 1.44 bits per heavy atom. The Hall–Kier alpha value is -1.10. The van der Waals surface area contributed by atoms with Gasteiger partial charge >= 0.3 is 5.97 Å². The summed E-state index contributed by atoms with van der Waals surface area (Å²) < 4.78 is 0. The summed E-state index contributed by atoms with van der Waals surface area (Å²) in [6, 6.07) is -0.0863. The highest BCUT2D eigenvalue weighted by atomic mass is 16.4. The number of aliphatic carboxylic acids is 1. The highest BCUT2D eigenvalue weighted by Gasteiger charge is 2.42. The molecule has 2 saturated heterocycles. The van der Waals surface area contributed by atoms with Crippen LogP contribution in [0.3, 0.4) is 0 Å². The van der Waals surface area contributed by atoms with Crippen molar-refractivity contribution in [2.45, 2.75) is 19.4 Å². The lowest BCUT2D eigenvalue weighted by molar-refractivity contribution is -0.142. The Kier molecular flexibility index (Phi) is 2.88. The summed E-state index contributed by atoms with van der Waals surface area (Å²) in [7, 11) is 1.80. The number of carboxylic acids is 1. The van der Waals surface area contributed by atoms with Crippen molar-refractivity contribution in [1.29, 1.82) is 0 Å². The van der Waals surface area contributed by atoms with E-state index in [-0.39, 0.29) is 23.8 Å². The highest BCUT2D eigenvalue weighted by Crippen LogP contribution is 2.28. The van der Waals surface area contributed by atoms with Crippen LogP contribution >= 0.6 is 0 Å². The zero-order valence-electron chi connectivity index (χ0n) is 9.72. The number of amides is 1. The van der Waals surface area contributed by atoms with Crippen LogP contribution in [0.2, 0.25) is 0 Å². The van der Waals surface area contributed by atoms with Gasteiger partial charge in [0.1, 0.15) is 0 Å². The second-order valence-electron chi connectivity index (χ2n) is 4.94. The van der Waals surface area contributed by atoms with Gasteiger partial charge in [-0.25, -0.2) is 0 Å².